The maximum Gasteiger partial charge on any atom is 0.276 e. The quantitative estimate of drug-likeness (QED) is 0.550. The molecule has 1 aliphatic carbocycles. The molecule has 2 aromatic heterocycles. The van der Waals surface area contributed by atoms with Crippen molar-refractivity contribution in [2.45, 2.75) is 25.7 Å². The fourth-order valence-electron chi connectivity index (χ4n) is 3.33. The summed E-state index contributed by atoms with van der Waals surface area (Å²) in [6, 6.07) is 3.62. The van der Waals surface area contributed by atoms with Crippen LogP contribution in [-0.2, 0) is 16.0 Å². The van der Waals surface area contributed by atoms with Gasteiger partial charge in [0.2, 0.25) is 17.6 Å². The summed E-state index contributed by atoms with van der Waals surface area (Å²) in [4.78, 5) is 32.2. The zero-order valence-corrected chi connectivity index (χ0v) is 17.4. The summed E-state index contributed by atoms with van der Waals surface area (Å²) in [7, 11) is 0. The van der Waals surface area contributed by atoms with Crippen LogP contribution in [0.25, 0.3) is 11.4 Å². The van der Waals surface area contributed by atoms with Crippen LogP contribution >= 0.6 is 0 Å². The van der Waals surface area contributed by atoms with Gasteiger partial charge in [-0.05, 0) is 25.0 Å². The second-order valence-corrected chi connectivity index (χ2v) is 7.30. The molecule has 2 amide bonds. The molecule has 2 aromatic rings. The molecule has 3 heterocycles. The summed E-state index contributed by atoms with van der Waals surface area (Å²) >= 11 is 0. The number of fused-ring (bicyclic) bond motifs is 1. The monoisotopic (exact) mass is 433 g/mol. The Morgan fingerprint density at radius 3 is 2.84 bits per heavy atom. The number of rotatable bonds is 10. The van der Waals surface area contributed by atoms with Gasteiger partial charge in [0.1, 0.15) is 0 Å². The molecule has 2 aliphatic rings. The first-order valence-electron chi connectivity index (χ1n) is 10.5. The van der Waals surface area contributed by atoms with Crippen molar-refractivity contribution in [3.63, 3.8) is 0 Å². The van der Waals surface area contributed by atoms with E-state index in [-0.39, 0.29) is 17.7 Å². The van der Waals surface area contributed by atoms with Gasteiger partial charge < -0.3 is 15.2 Å². The molecule has 0 aromatic carbocycles. The molecule has 2 N–H and O–H groups in total. The second-order valence-electron chi connectivity index (χ2n) is 7.30. The van der Waals surface area contributed by atoms with Crippen LogP contribution in [0.4, 0.5) is 0 Å². The van der Waals surface area contributed by atoms with Gasteiger partial charge in [-0.15, -0.1) is 10.2 Å². The average Bonchev–Trinajstić information content (AvgIpc) is 3.30. The molecule has 0 fully saturated rings. The van der Waals surface area contributed by atoms with Gasteiger partial charge in [0, 0.05) is 49.5 Å². The Kier molecular flexibility index (Phi) is 6.91. The number of carbonyl (C=O) groups excluding carboxylic acids is 2. The molecule has 164 valence electrons. The first-order valence-corrected chi connectivity index (χ1v) is 10.5. The van der Waals surface area contributed by atoms with E-state index in [1.165, 1.54) is 0 Å². The molecular weight excluding hydrogens is 410 g/mol. The summed E-state index contributed by atoms with van der Waals surface area (Å²) in [5, 5.41) is 17.7. The van der Waals surface area contributed by atoms with Crippen LogP contribution in [0, 0.1) is 5.92 Å². The second kappa shape index (κ2) is 10.4. The van der Waals surface area contributed by atoms with Gasteiger partial charge in [0.15, 0.2) is 5.82 Å². The minimum absolute atomic E-state index is 0.0238. The van der Waals surface area contributed by atoms with E-state index in [1.807, 2.05) is 36.4 Å². The molecule has 4 rings (SSSR count). The van der Waals surface area contributed by atoms with Crippen molar-refractivity contribution in [2.75, 3.05) is 13.1 Å². The molecule has 0 radical (unpaired) electrons. The molecule has 1 atom stereocenters. The van der Waals surface area contributed by atoms with Crippen molar-refractivity contribution < 1.29 is 14.1 Å². The molecule has 1 unspecified atom stereocenters. The predicted octanol–water partition coefficient (Wildman–Crippen LogP) is 2.50. The van der Waals surface area contributed by atoms with E-state index in [1.54, 1.807) is 12.4 Å². The summed E-state index contributed by atoms with van der Waals surface area (Å²) in [6.45, 7) is 1.15. The van der Waals surface area contributed by atoms with Crippen LogP contribution in [0.1, 0.15) is 25.2 Å². The number of nitrogens with zero attached hydrogens (tertiary/aromatic N) is 5. The van der Waals surface area contributed by atoms with E-state index in [0.717, 1.165) is 17.6 Å². The molecule has 0 saturated heterocycles. The highest BCUT2D eigenvalue weighted by atomic mass is 16.5. The highest BCUT2D eigenvalue weighted by Gasteiger charge is 2.26. The maximum atomic E-state index is 12.0. The van der Waals surface area contributed by atoms with Gasteiger partial charge in [-0.3, -0.25) is 14.6 Å². The summed E-state index contributed by atoms with van der Waals surface area (Å²) < 4.78 is 5.24. The van der Waals surface area contributed by atoms with Crippen LogP contribution in [0.2, 0.25) is 0 Å². The summed E-state index contributed by atoms with van der Waals surface area (Å²) in [5.41, 5.74) is 1.66. The van der Waals surface area contributed by atoms with E-state index in [4.69, 9.17) is 4.52 Å². The summed E-state index contributed by atoms with van der Waals surface area (Å²) in [6.07, 6.45) is 13.0. The van der Waals surface area contributed by atoms with Gasteiger partial charge in [-0.25, -0.2) is 0 Å². The molecule has 1 aliphatic heterocycles. The van der Waals surface area contributed by atoms with Gasteiger partial charge in [-0.2, -0.15) is 4.98 Å². The van der Waals surface area contributed by atoms with Crippen LogP contribution < -0.4 is 10.6 Å². The molecule has 10 nitrogen and oxygen atoms in total. The Hall–Kier alpha value is -3.95. The summed E-state index contributed by atoms with van der Waals surface area (Å²) in [5.74, 6) is 0.986. The topological polar surface area (TPSA) is 135 Å². The fraction of sp³-hybridized carbons (Fsp3) is 0.318. The lowest BCUT2D eigenvalue weighted by atomic mass is 9.93. The number of nitrogens with one attached hydrogen (secondary N) is 2. The van der Waals surface area contributed by atoms with Crippen molar-refractivity contribution in [3.8, 4) is 11.4 Å². The highest BCUT2D eigenvalue weighted by molar-refractivity contribution is 5.86. The number of aromatic nitrogens is 3. The number of pyridine rings is 1. The normalized spacial score (nSPS) is 16.9. The van der Waals surface area contributed by atoms with Crippen LogP contribution in [0.15, 0.2) is 75.0 Å². The van der Waals surface area contributed by atoms with Crippen LogP contribution in [0.3, 0.4) is 0 Å². The number of hydrogen-bond donors (Lipinski definition) is 2. The van der Waals surface area contributed by atoms with E-state index in [9.17, 15) is 9.59 Å². The van der Waals surface area contributed by atoms with E-state index < -0.39 is 0 Å². The van der Waals surface area contributed by atoms with E-state index >= 15 is 0 Å². The molecule has 10 heteroatoms. The minimum Gasteiger partial charge on any atom is -0.368 e. The van der Waals surface area contributed by atoms with E-state index in [0.29, 0.717) is 49.9 Å². The molecule has 0 spiro atoms. The Morgan fingerprint density at radius 1 is 1.09 bits per heavy atom. The fourth-order valence-corrected chi connectivity index (χ4v) is 3.33. The number of hydrogen-bond acceptors (Lipinski definition) is 8. The Morgan fingerprint density at radius 2 is 1.97 bits per heavy atom. The number of allylic oxidation sites excluding steroid dienone is 3. The minimum atomic E-state index is -0.362. The van der Waals surface area contributed by atoms with Gasteiger partial charge in [0.25, 0.3) is 5.91 Å². The Balaban J connectivity index is 1.12. The first-order chi connectivity index (χ1) is 15.7. The molecule has 32 heavy (non-hydrogen) atoms. The van der Waals surface area contributed by atoms with Crippen LogP contribution in [0.5, 0.6) is 0 Å². The number of azo groups is 1. The number of amides is 2. The van der Waals surface area contributed by atoms with Crippen molar-refractivity contribution in [3.05, 3.63) is 66.1 Å². The molecular formula is C22H23N7O3. The van der Waals surface area contributed by atoms with Gasteiger partial charge in [-0.1, -0.05) is 29.5 Å². The lowest BCUT2D eigenvalue weighted by Crippen LogP contribution is -2.28. The van der Waals surface area contributed by atoms with Crippen LogP contribution in [-0.4, -0.2) is 40.0 Å². The lowest BCUT2D eigenvalue weighted by Gasteiger charge is -2.20. The average molecular weight is 433 g/mol. The third kappa shape index (κ3) is 5.39. The van der Waals surface area contributed by atoms with Gasteiger partial charge >= 0.3 is 0 Å². The van der Waals surface area contributed by atoms with Crippen molar-refractivity contribution in [2.24, 2.45) is 16.1 Å². The first kappa shape index (κ1) is 21.3. The smallest absolute Gasteiger partial charge is 0.276 e. The third-order valence-corrected chi connectivity index (χ3v) is 4.98. The van der Waals surface area contributed by atoms with Crippen molar-refractivity contribution >= 4 is 11.8 Å². The zero-order chi connectivity index (χ0) is 22.2. The maximum absolute atomic E-state index is 12.0. The lowest BCUT2D eigenvalue weighted by molar-refractivity contribution is -0.121. The van der Waals surface area contributed by atoms with Gasteiger partial charge in [0.05, 0.1) is 5.92 Å². The SMILES string of the molecule is O=C(CCCc1nc(-c2ccncc2)no1)NCCCNC1=C2C=CC=CC2C(=O)N=N1. The van der Waals surface area contributed by atoms with Crippen molar-refractivity contribution in [1.29, 1.82) is 0 Å². The largest absolute Gasteiger partial charge is 0.368 e. The molecule has 0 saturated carbocycles. The van der Waals surface area contributed by atoms with E-state index in [2.05, 4.69) is 36.0 Å². The zero-order valence-electron chi connectivity index (χ0n) is 17.4. The number of aryl methyl sites for hydroxylation is 1. The Bertz CT molecular complexity index is 1090. The third-order valence-electron chi connectivity index (χ3n) is 4.98. The predicted molar refractivity (Wildman–Crippen MR) is 115 cm³/mol. The number of carbonyl (C=O) groups is 2. The highest BCUT2D eigenvalue weighted by Crippen LogP contribution is 2.27. The molecule has 0 bridgehead atoms. The Labute approximate surface area is 184 Å². The standard InChI is InChI=1S/C22H23N7O3/c30-18(7-3-8-19-26-20(29-32-19)15-9-13-23-14-10-15)24-11-4-12-25-21-16-5-1-2-6-17(16)22(31)28-27-21/h1-2,5-6,9-10,13-14,17,25H,3-4,7-8,11-12H2,(H,24,30). The van der Waals surface area contributed by atoms with Crippen molar-refractivity contribution in [1.82, 2.24) is 25.8 Å².